The minimum Gasteiger partial charge on any atom is -0.398 e. The normalized spacial score (nSPS) is 13.8. The van der Waals surface area contributed by atoms with Crippen LogP contribution >= 0.6 is 0 Å². The summed E-state index contributed by atoms with van der Waals surface area (Å²) in [5.41, 5.74) is 7.83. The zero-order valence-corrected chi connectivity index (χ0v) is 8.23. The van der Waals surface area contributed by atoms with Gasteiger partial charge in [0, 0.05) is 18.8 Å². The molecule has 0 unspecified atom stereocenters. The number of benzene rings is 1. The number of nitrogens with zero attached hydrogens (tertiary/aromatic N) is 2. The number of nitrogens with two attached hydrogens (primary N) is 1. The molecule has 1 aliphatic rings. The van der Waals surface area contributed by atoms with Gasteiger partial charge in [-0.1, -0.05) is 12.1 Å². The predicted molar refractivity (Wildman–Crippen MR) is 55.8 cm³/mol. The molecule has 4 heteroatoms. The van der Waals surface area contributed by atoms with Crippen molar-refractivity contribution in [2.24, 2.45) is 0 Å². The third-order valence-electron chi connectivity index (χ3n) is 2.54. The van der Waals surface area contributed by atoms with Crippen molar-refractivity contribution >= 4 is 11.6 Å². The topological polar surface area (TPSA) is 70.1 Å². The van der Waals surface area contributed by atoms with Crippen molar-refractivity contribution in [2.45, 2.75) is 13.0 Å². The lowest BCUT2D eigenvalue weighted by atomic mass is 10.1. The van der Waals surface area contributed by atoms with E-state index < -0.39 is 0 Å². The van der Waals surface area contributed by atoms with Crippen LogP contribution in [0.4, 0.5) is 5.69 Å². The molecule has 15 heavy (non-hydrogen) atoms. The van der Waals surface area contributed by atoms with Crippen LogP contribution in [0, 0.1) is 11.3 Å². The highest BCUT2D eigenvalue weighted by Gasteiger charge is 2.28. The van der Waals surface area contributed by atoms with Crippen molar-refractivity contribution in [3.05, 3.63) is 29.3 Å². The molecule has 0 fully saturated rings. The quantitative estimate of drug-likeness (QED) is 0.729. The van der Waals surface area contributed by atoms with E-state index >= 15 is 0 Å². The molecule has 0 aromatic heterocycles. The largest absolute Gasteiger partial charge is 0.398 e. The Hall–Kier alpha value is -2.02. The standard InChI is InChI=1S/C11H11N3O/c12-5-2-6-14-7-8-3-1-4-9(13)10(8)11(14)15/h1,3-4H,2,6-7,13H2. The summed E-state index contributed by atoms with van der Waals surface area (Å²) in [4.78, 5) is 13.5. The first-order valence-corrected chi connectivity index (χ1v) is 4.77. The molecule has 1 aromatic rings. The molecule has 1 amide bonds. The van der Waals surface area contributed by atoms with Gasteiger partial charge in [0.05, 0.1) is 18.1 Å². The number of hydrogen-bond acceptors (Lipinski definition) is 3. The smallest absolute Gasteiger partial charge is 0.256 e. The van der Waals surface area contributed by atoms with E-state index in [1.165, 1.54) is 0 Å². The zero-order valence-electron chi connectivity index (χ0n) is 8.23. The van der Waals surface area contributed by atoms with Gasteiger partial charge in [0.25, 0.3) is 5.91 Å². The fraction of sp³-hybridized carbons (Fsp3) is 0.273. The van der Waals surface area contributed by atoms with Crippen LogP contribution in [0.5, 0.6) is 0 Å². The van der Waals surface area contributed by atoms with E-state index in [9.17, 15) is 4.79 Å². The summed E-state index contributed by atoms with van der Waals surface area (Å²) in [6.45, 7) is 1.05. The van der Waals surface area contributed by atoms with Crippen LogP contribution < -0.4 is 5.73 Å². The second-order valence-electron chi connectivity index (χ2n) is 3.52. The Morgan fingerprint density at radius 3 is 3.00 bits per heavy atom. The van der Waals surface area contributed by atoms with Gasteiger partial charge in [-0.3, -0.25) is 4.79 Å². The van der Waals surface area contributed by atoms with Crippen LogP contribution in [0.1, 0.15) is 22.3 Å². The number of nitriles is 1. The van der Waals surface area contributed by atoms with E-state index in [1.807, 2.05) is 18.2 Å². The van der Waals surface area contributed by atoms with E-state index in [4.69, 9.17) is 11.0 Å². The van der Waals surface area contributed by atoms with Crippen LogP contribution in [-0.2, 0) is 6.54 Å². The third kappa shape index (κ3) is 1.52. The summed E-state index contributed by atoms with van der Waals surface area (Å²) in [7, 11) is 0. The first kappa shape index (κ1) is 9.53. The van der Waals surface area contributed by atoms with E-state index in [2.05, 4.69) is 0 Å². The molecular formula is C11H11N3O. The Kier molecular flexibility index (Phi) is 2.30. The summed E-state index contributed by atoms with van der Waals surface area (Å²) in [6.07, 6.45) is 0.361. The van der Waals surface area contributed by atoms with Crippen LogP contribution in [0.15, 0.2) is 18.2 Å². The average molecular weight is 201 g/mol. The van der Waals surface area contributed by atoms with Crippen molar-refractivity contribution in [3.8, 4) is 6.07 Å². The molecule has 0 saturated carbocycles. The molecule has 1 aliphatic heterocycles. The van der Waals surface area contributed by atoms with Crippen LogP contribution in [0.25, 0.3) is 0 Å². The van der Waals surface area contributed by atoms with E-state index in [-0.39, 0.29) is 5.91 Å². The Morgan fingerprint density at radius 1 is 1.53 bits per heavy atom. The molecule has 0 spiro atoms. The van der Waals surface area contributed by atoms with Gasteiger partial charge in [-0.15, -0.1) is 0 Å². The predicted octanol–water partition coefficient (Wildman–Crippen LogP) is 1.14. The van der Waals surface area contributed by atoms with E-state index in [0.717, 1.165) is 5.56 Å². The lowest BCUT2D eigenvalue weighted by molar-refractivity contribution is 0.0782. The summed E-state index contributed by atoms with van der Waals surface area (Å²) in [5, 5.41) is 8.47. The molecule has 0 bridgehead atoms. The highest BCUT2D eigenvalue weighted by atomic mass is 16.2. The van der Waals surface area contributed by atoms with Gasteiger partial charge in [0.15, 0.2) is 0 Å². The molecule has 0 radical (unpaired) electrons. The number of hydrogen-bond donors (Lipinski definition) is 1. The maximum absolute atomic E-state index is 11.9. The monoisotopic (exact) mass is 201 g/mol. The maximum atomic E-state index is 11.9. The Bertz CT molecular complexity index is 448. The fourth-order valence-electron chi connectivity index (χ4n) is 1.81. The average Bonchev–Trinajstić information content (AvgIpc) is 2.54. The van der Waals surface area contributed by atoms with Crippen molar-refractivity contribution < 1.29 is 4.79 Å². The number of carbonyl (C=O) groups excluding carboxylic acids is 1. The van der Waals surface area contributed by atoms with Gasteiger partial charge in [-0.2, -0.15) is 5.26 Å². The highest BCUT2D eigenvalue weighted by Crippen LogP contribution is 2.27. The number of nitrogen functional groups attached to an aromatic ring is 1. The molecule has 4 nitrogen and oxygen atoms in total. The number of amides is 1. The zero-order chi connectivity index (χ0) is 10.8. The molecular weight excluding hydrogens is 190 g/mol. The molecule has 0 saturated heterocycles. The minimum absolute atomic E-state index is 0.0571. The minimum atomic E-state index is -0.0571. The summed E-state index contributed by atoms with van der Waals surface area (Å²) in [6, 6.07) is 7.50. The first-order valence-electron chi connectivity index (χ1n) is 4.77. The van der Waals surface area contributed by atoms with Crippen LogP contribution in [-0.4, -0.2) is 17.4 Å². The second kappa shape index (κ2) is 3.62. The lowest BCUT2D eigenvalue weighted by Crippen LogP contribution is -2.25. The van der Waals surface area contributed by atoms with Gasteiger partial charge in [-0.25, -0.2) is 0 Å². The first-order chi connectivity index (χ1) is 7.24. The SMILES string of the molecule is N#CCCN1Cc2cccc(N)c2C1=O. The van der Waals surface area contributed by atoms with Gasteiger partial charge < -0.3 is 10.6 Å². The van der Waals surface area contributed by atoms with Crippen molar-refractivity contribution in [3.63, 3.8) is 0 Å². The number of anilines is 1. The lowest BCUT2D eigenvalue weighted by Gasteiger charge is -2.12. The number of rotatable bonds is 2. The van der Waals surface area contributed by atoms with Crippen molar-refractivity contribution in [1.29, 1.82) is 5.26 Å². The number of fused-ring (bicyclic) bond motifs is 1. The van der Waals surface area contributed by atoms with Gasteiger partial charge in [-0.05, 0) is 11.6 Å². The van der Waals surface area contributed by atoms with E-state index in [1.54, 1.807) is 11.0 Å². The molecule has 2 rings (SSSR count). The third-order valence-corrected chi connectivity index (χ3v) is 2.54. The molecule has 1 aromatic carbocycles. The van der Waals surface area contributed by atoms with Gasteiger partial charge in [0.2, 0.25) is 0 Å². The van der Waals surface area contributed by atoms with Crippen LogP contribution in [0.3, 0.4) is 0 Å². The van der Waals surface area contributed by atoms with Crippen molar-refractivity contribution in [2.75, 3.05) is 12.3 Å². The number of carbonyl (C=O) groups is 1. The van der Waals surface area contributed by atoms with Crippen molar-refractivity contribution in [1.82, 2.24) is 4.90 Å². The summed E-state index contributed by atoms with van der Waals surface area (Å²) < 4.78 is 0. The maximum Gasteiger partial charge on any atom is 0.256 e. The Labute approximate surface area is 87.9 Å². The highest BCUT2D eigenvalue weighted by molar-refractivity contribution is 6.03. The Morgan fingerprint density at radius 2 is 2.33 bits per heavy atom. The summed E-state index contributed by atoms with van der Waals surface area (Å²) in [5.74, 6) is -0.0571. The van der Waals surface area contributed by atoms with E-state index in [0.29, 0.717) is 30.8 Å². The molecule has 0 atom stereocenters. The molecule has 0 aliphatic carbocycles. The Balaban J connectivity index is 2.27. The van der Waals surface area contributed by atoms with Crippen LogP contribution in [0.2, 0.25) is 0 Å². The van der Waals surface area contributed by atoms with Gasteiger partial charge in [0.1, 0.15) is 0 Å². The molecule has 76 valence electrons. The molecule has 1 heterocycles. The fourth-order valence-corrected chi connectivity index (χ4v) is 1.81. The molecule has 2 N–H and O–H groups in total. The van der Waals surface area contributed by atoms with Gasteiger partial charge >= 0.3 is 0 Å². The second-order valence-corrected chi connectivity index (χ2v) is 3.52. The summed E-state index contributed by atoms with van der Waals surface area (Å²) >= 11 is 0.